The Morgan fingerprint density at radius 3 is 2.48 bits per heavy atom. The van der Waals surface area contributed by atoms with E-state index in [9.17, 15) is 0 Å². The van der Waals surface area contributed by atoms with Crippen LogP contribution in [0.4, 0.5) is 0 Å². The summed E-state index contributed by atoms with van der Waals surface area (Å²) < 4.78 is 0. The molecule has 0 heterocycles. The lowest BCUT2D eigenvalue weighted by Gasteiger charge is -2.58. The van der Waals surface area contributed by atoms with Gasteiger partial charge in [0, 0.05) is 0 Å². The number of allylic oxidation sites excluding steroid dienone is 2. The lowest BCUT2D eigenvalue weighted by Crippen LogP contribution is -2.50. The summed E-state index contributed by atoms with van der Waals surface area (Å²) in [5, 5.41) is 0. The molecule has 0 saturated heterocycles. The molecule has 29 heavy (non-hydrogen) atoms. The van der Waals surface area contributed by atoms with Crippen LogP contribution in [0.5, 0.6) is 0 Å². The predicted octanol–water partition coefficient (Wildman–Crippen LogP) is 9.05. The lowest BCUT2D eigenvalue weighted by atomic mass is 9.46. The van der Waals surface area contributed by atoms with Gasteiger partial charge in [0.05, 0.1) is 0 Å². The summed E-state index contributed by atoms with van der Waals surface area (Å²) in [5.74, 6) is 6.78. The summed E-state index contributed by atoms with van der Waals surface area (Å²) in [6.07, 6.45) is 20.4. The topological polar surface area (TPSA) is 0 Å². The standard InChI is InChI=1S/C29H50/c1-7-22-15-17-28(5)23(19-22)11-12-24-26-14-13-25(21(4)10-8-9-20(2)3)29(26,6)18-16-27(24)28/h11,20-22,24-27H,7-10,12-19H2,1-6H3/t21?,22-,24?,25?,26?,27?,28-,29+/m0/s1. The van der Waals surface area contributed by atoms with Gasteiger partial charge in [0.1, 0.15) is 0 Å². The second-order valence-corrected chi connectivity index (χ2v) is 12.8. The first-order chi connectivity index (χ1) is 13.8. The first-order valence-corrected chi connectivity index (χ1v) is 13.5. The monoisotopic (exact) mass is 398 g/mol. The summed E-state index contributed by atoms with van der Waals surface area (Å²) in [7, 11) is 0. The van der Waals surface area contributed by atoms with Crippen molar-refractivity contribution in [1.82, 2.24) is 0 Å². The average Bonchev–Trinajstić information content (AvgIpc) is 3.04. The van der Waals surface area contributed by atoms with E-state index >= 15 is 0 Å². The Morgan fingerprint density at radius 2 is 1.76 bits per heavy atom. The highest BCUT2D eigenvalue weighted by molar-refractivity contribution is 5.25. The maximum Gasteiger partial charge on any atom is -0.00851 e. The van der Waals surface area contributed by atoms with Crippen molar-refractivity contribution in [3.8, 4) is 0 Å². The maximum atomic E-state index is 2.77. The van der Waals surface area contributed by atoms with Crippen molar-refractivity contribution in [3.05, 3.63) is 11.6 Å². The zero-order chi connectivity index (χ0) is 20.8. The van der Waals surface area contributed by atoms with Crippen LogP contribution in [0.1, 0.15) is 119 Å². The van der Waals surface area contributed by atoms with Gasteiger partial charge in [-0.25, -0.2) is 0 Å². The molecule has 0 aromatic rings. The van der Waals surface area contributed by atoms with Crippen LogP contribution in [0.3, 0.4) is 0 Å². The summed E-state index contributed by atoms with van der Waals surface area (Å²) in [6.45, 7) is 15.2. The molecule has 3 fully saturated rings. The van der Waals surface area contributed by atoms with Crippen molar-refractivity contribution in [1.29, 1.82) is 0 Å². The van der Waals surface area contributed by atoms with Gasteiger partial charge in [0.2, 0.25) is 0 Å². The largest absolute Gasteiger partial charge is 0.0845 e. The van der Waals surface area contributed by atoms with Crippen molar-refractivity contribution in [3.63, 3.8) is 0 Å². The molecule has 4 rings (SSSR count). The van der Waals surface area contributed by atoms with Crippen LogP contribution in [-0.4, -0.2) is 0 Å². The highest BCUT2D eigenvalue weighted by Crippen LogP contribution is 2.67. The Bertz CT molecular complexity index is 599. The van der Waals surface area contributed by atoms with Crippen molar-refractivity contribution in [2.45, 2.75) is 119 Å². The molecule has 0 heteroatoms. The molecular weight excluding hydrogens is 348 g/mol. The predicted molar refractivity (Wildman–Crippen MR) is 127 cm³/mol. The molecule has 0 nitrogen and oxygen atoms in total. The highest BCUT2D eigenvalue weighted by atomic mass is 14.6. The number of fused-ring (bicyclic) bond motifs is 5. The molecule has 0 aliphatic heterocycles. The number of hydrogen-bond donors (Lipinski definition) is 0. The van der Waals surface area contributed by atoms with E-state index < -0.39 is 0 Å². The van der Waals surface area contributed by atoms with Gasteiger partial charge >= 0.3 is 0 Å². The van der Waals surface area contributed by atoms with Crippen LogP contribution in [0.2, 0.25) is 0 Å². The van der Waals surface area contributed by atoms with E-state index in [0.717, 1.165) is 41.4 Å². The fourth-order valence-electron chi connectivity index (χ4n) is 9.11. The van der Waals surface area contributed by atoms with Crippen molar-refractivity contribution < 1.29 is 0 Å². The van der Waals surface area contributed by atoms with Crippen LogP contribution in [-0.2, 0) is 0 Å². The first kappa shape index (κ1) is 22.0. The Morgan fingerprint density at radius 1 is 0.966 bits per heavy atom. The molecule has 166 valence electrons. The molecule has 0 spiro atoms. The van der Waals surface area contributed by atoms with Gasteiger partial charge in [-0.2, -0.15) is 0 Å². The fraction of sp³-hybridized carbons (Fsp3) is 0.931. The molecule has 0 bridgehead atoms. The zero-order valence-corrected chi connectivity index (χ0v) is 20.6. The second-order valence-electron chi connectivity index (χ2n) is 12.8. The quantitative estimate of drug-likeness (QED) is 0.391. The van der Waals surface area contributed by atoms with Crippen LogP contribution in [0.15, 0.2) is 11.6 Å². The third-order valence-corrected chi connectivity index (χ3v) is 11.0. The highest BCUT2D eigenvalue weighted by Gasteiger charge is 2.58. The molecule has 0 radical (unpaired) electrons. The minimum atomic E-state index is 0.552. The number of rotatable bonds is 6. The van der Waals surface area contributed by atoms with Gasteiger partial charge in [0.15, 0.2) is 0 Å². The van der Waals surface area contributed by atoms with Crippen LogP contribution < -0.4 is 0 Å². The van der Waals surface area contributed by atoms with E-state index in [1.165, 1.54) is 77.0 Å². The van der Waals surface area contributed by atoms with E-state index in [0.29, 0.717) is 10.8 Å². The van der Waals surface area contributed by atoms with E-state index in [1.807, 2.05) is 5.57 Å². The Kier molecular flexibility index (Phi) is 6.32. The molecule has 5 unspecified atom stereocenters. The summed E-state index contributed by atoms with van der Waals surface area (Å²) in [6, 6.07) is 0. The molecule has 0 N–H and O–H groups in total. The van der Waals surface area contributed by atoms with Crippen LogP contribution >= 0.6 is 0 Å². The molecule has 0 aromatic carbocycles. The molecule has 8 atom stereocenters. The van der Waals surface area contributed by atoms with Crippen LogP contribution in [0, 0.1) is 52.3 Å². The SMILES string of the molecule is CC[C@H]1CC[C@@]2(C)C(=CCC3C4CCC(C(C)CCCC(C)C)[C@@]4(C)CCC32)C1. The molecule has 3 saturated carbocycles. The normalized spacial score (nSPS) is 45.3. The van der Waals surface area contributed by atoms with E-state index in [1.54, 1.807) is 0 Å². The third-order valence-electron chi connectivity index (χ3n) is 11.0. The average molecular weight is 399 g/mol. The molecule has 4 aliphatic rings. The summed E-state index contributed by atoms with van der Waals surface area (Å²) in [4.78, 5) is 0. The van der Waals surface area contributed by atoms with E-state index in [2.05, 4.69) is 47.6 Å². The minimum absolute atomic E-state index is 0.552. The zero-order valence-electron chi connectivity index (χ0n) is 20.6. The van der Waals surface area contributed by atoms with Crippen molar-refractivity contribution >= 4 is 0 Å². The maximum absolute atomic E-state index is 2.77. The van der Waals surface area contributed by atoms with Gasteiger partial charge in [-0.05, 0) is 104 Å². The van der Waals surface area contributed by atoms with Gasteiger partial charge in [-0.3, -0.25) is 0 Å². The third kappa shape index (κ3) is 3.78. The molecular formula is C29H50. The number of hydrogen-bond acceptors (Lipinski definition) is 0. The summed E-state index contributed by atoms with van der Waals surface area (Å²) in [5.41, 5.74) is 3.08. The van der Waals surface area contributed by atoms with Gasteiger partial charge in [-0.1, -0.05) is 78.9 Å². The van der Waals surface area contributed by atoms with Gasteiger partial charge < -0.3 is 0 Å². The van der Waals surface area contributed by atoms with Crippen molar-refractivity contribution in [2.24, 2.45) is 52.3 Å². The summed E-state index contributed by atoms with van der Waals surface area (Å²) >= 11 is 0. The lowest BCUT2D eigenvalue weighted by molar-refractivity contribution is -0.0528. The van der Waals surface area contributed by atoms with Gasteiger partial charge in [0.25, 0.3) is 0 Å². The van der Waals surface area contributed by atoms with Gasteiger partial charge in [-0.15, -0.1) is 0 Å². The van der Waals surface area contributed by atoms with E-state index in [4.69, 9.17) is 0 Å². The molecule has 0 aromatic heterocycles. The Hall–Kier alpha value is -0.260. The Labute approximate surface area is 182 Å². The fourth-order valence-corrected chi connectivity index (χ4v) is 9.11. The Balaban J connectivity index is 1.48. The van der Waals surface area contributed by atoms with E-state index in [-0.39, 0.29) is 0 Å². The molecule has 0 amide bonds. The molecule has 4 aliphatic carbocycles. The first-order valence-electron chi connectivity index (χ1n) is 13.5. The minimum Gasteiger partial charge on any atom is -0.0845 e. The van der Waals surface area contributed by atoms with Crippen LogP contribution in [0.25, 0.3) is 0 Å². The second kappa shape index (κ2) is 8.35. The van der Waals surface area contributed by atoms with Crippen molar-refractivity contribution in [2.75, 3.05) is 0 Å². The smallest absolute Gasteiger partial charge is 0.00851 e.